The molecule has 2 aromatic heterocycles. The van der Waals surface area contributed by atoms with Crippen LogP contribution < -0.4 is 5.32 Å². The number of hydrogen-bond acceptors (Lipinski definition) is 4. The summed E-state index contributed by atoms with van der Waals surface area (Å²) < 4.78 is 2.14. The summed E-state index contributed by atoms with van der Waals surface area (Å²) in [6, 6.07) is 17.7. The Morgan fingerprint density at radius 1 is 1.03 bits per heavy atom. The summed E-state index contributed by atoms with van der Waals surface area (Å²) in [5.74, 6) is 0.951. The lowest BCUT2D eigenvalue weighted by Crippen LogP contribution is -2.49. The molecule has 0 radical (unpaired) electrons. The Hall–Kier alpha value is -3.42. The molecule has 0 saturated carbocycles. The number of aromatic nitrogens is 3. The zero-order chi connectivity index (χ0) is 23.7. The number of halogens is 1. The van der Waals surface area contributed by atoms with Gasteiger partial charge in [-0.3, -0.25) is 9.47 Å². The first kappa shape index (κ1) is 22.4. The van der Waals surface area contributed by atoms with Crippen LogP contribution in [0.5, 0.6) is 0 Å². The normalized spacial score (nSPS) is 14.5. The first-order valence-corrected chi connectivity index (χ1v) is 11.8. The van der Waals surface area contributed by atoms with Crippen molar-refractivity contribution in [3.63, 3.8) is 0 Å². The van der Waals surface area contributed by atoms with E-state index in [-0.39, 0.29) is 6.03 Å². The number of nitrogens with zero attached hydrogens (tertiary/aromatic N) is 5. The van der Waals surface area contributed by atoms with Crippen molar-refractivity contribution in [1.29, 1.82) is 0 Å². The highest BCUT2D eigenvalue weighted by molar-refractivity contribution is 6.31. The van der Waals surface area contributed by atoms with Crippen molar-refractivity contribution in [2.45, 2.75) is 20.4 Å². The molecule has 0 bridgehead atoms. The summed E-state index contributed by atoms with van der Waals surface area (Å²) in [5.41, 5.74) is 5.73. The Bertz CT molecular complexity index is 1340. The van der Waals surface area contributed by atoms with Crippen molar-refractivity contribution in [1.82, 2.24) is 24.3 Å². The number of carbonyl (C=O) groups excluding carboxylic acids is 1. The van der Waals surface area contributed by atoms with Crippen molar-refractivity contribution in [2.75, 3.05) is 31.5 Å². The molecule has 0 atom stereocenters. The smallest absolute Gasteiger partial charge is 0.321 e. The summed E-state index contributed by atoms with van der Waals surface area (Å²) in [6.07, 6.45) is 1.80. The highest BCUT2D eigenvalue weighted by atomic mass is 35.5. The number of aryl methyl sites for hydroxylation is 2. The molecule has 7 nitrogen and oxygen atoms in total. The molecule has 2 aromatic carbocycles. The lowest BCUT2D eigenvalue weighted by atomic mass is 10.2. The fourth-order valence-electron chi connectivity index (χ4n) is 4.34. The highest BCUT2D eigenvalue weighted by Crippen LogP contribution is 2.23. The lowest BCUT2D eigenvalue weighted by Gasteiger charge is -2.34. The van der Waals surface area contributed by atoms with E-state index in [1.165, 1.54) is 5.56 Å². The maximum atomic E-state index is 12.8. The molecule has 0 spiro atoms. The van der Waals surface area contributed by atoms with Crippen LogP contribution in [0.15, 0.2) is 60.8 Å². The number of pyridine rings is 1. The molecule has 1 saturated heterocycles. The van der Waals surface area contributed by atoms with Crippen LogP contribution in [0.25, 0.3) is 16.9 Å². The van der Waals surface area contributed by atoms with Crippen molar-refractivity contribution in [3.8, 4) is 5.69 Å². The number of benzene rings is 2. The molecule has 3 heterocycles. The van der Waals surface area contributed by atoms with E-state index < -0.39 is 0 Å². The topological polar surface area (TPSA) is 66.3 Å². The Morgan fingerprint density at radius 3 is 2.65 bits per heavy atom. The standard InChI is InChI=1S/C26H27ClN6O/c1-18-5-3-6-21(15-18)33-24(29-22-7-4-10-28-25(22)33)17-31-11-13-32(14-12-31)26(34)30-23-16-20(27)9-8-19(23)2/h3-10,15-16H,11-14,17H2,1-2H3,(H,30,34). The van der Waals surface area contributed by atoms with Gasteiger partial charge < -0.3 is 10.2 Å². The van der Waals surface area contributed by atoms with E-state index >= 15 is 0 Å². The number of amides is 2. The minimum Gasteiger partial charge on any atom is -0.322 e. The van der Waals surface area contributed by atoms with Gasteiger partial charge in [0.2, 0.25) is 0 Å². The molecule has 0 unspecified atom stereocenters. The summed E-state index contributed by atoms with van der Waals surface area (Å²) in [4.78, 5) is 26.5. The van der Waals surface area contributed by atoms with E-state index in [0.717, 1.165) is 47.0 Å². The van der Waals surface area contributed by atoms with Gasteiger partial charge in [0.15, 0.2) is 5.65 Å². The molecular formula is C26H27ClN6O. The number of imidazole rings is 1. The van der Waals surface area contributed by atoms with Gasteiger partial charge in [-0.1, -0.05) is 29.8 Å². The number of carbonyl (C=O) groups is 1. The third-order valence-corrected chi connectivity index (χ3v) is 6.45. The molecule has 1 N–H and O–H groups in total. The number of hydrogen-bond donors (Lipinski definition) is 1. The Morgan fingerprint density at radius 2 is 1.85 bits per heavy atom. The van der Waals surface area contributed by atoms with Gasteiger partial charge in [0.1, 0.15) is 11.3 Å². The SMILES string of the molecule is Cc1cccc(-n2c(CN3CCN(C(=O)Nc4cc(Cl)ccc4C)CC3)nc3cccnc32)c1. The van der Waals surface area contributed by atoms with Crippen molar-refractivity contribution in [2.24, 2.45) is 0 Å². The minimum atomic E-state index is -0.0961. The molecule has 0 aliphatic carbocycles. The van der Waals surface area contributed by atoms with Crippen LogP contribution in [0.3, 0.4) is 0 Å². The Balaban J connectivity index is 1.30. The lowest BCUT2D eigenvalue weighted by molar-refractivity contribution is 0.140. The highest BCUT2D eigenvalue weighted by Gasteiger charge is 2.24. The van der Waals surface area contributed by atoms with Crippen LogP contribution in [0.2, 0.25) is 5.02 Å². The largest absolute Gasteiger partial charge is 0.322 e. The molecule has 4 aromatic rings. The fraction of sp³-hybridized carbons (Fsp3) is 0.269. The number of anilines is 1. The molecule has 1 aliphatic rings. The van der Waals surface area contributed by atoms with Gasteiger partial charge in [-0.15, -0.1) is 0 Å². The molecular weight excluding hydrogens is 448 g/mol. The van der Waals surface area contributed by atoms with Crippen molar-refractivity contribution in [3.05, 3.63) is 82.8 Å². The van der Waals surface area contributed by atoms with E-state index in [2.05, 4.69) is 51.0 Å². The molecule has 1 aliphatic heterocycles. The summed E-state index contributed by atoms with van der Waals surface area (Å²) >= 11 is 6.09. The number of fused-ring (bicyclic) bond motifs is 1. The van der Waals surface area contributed by atoms with Crippen LogP contribution >= 0.6 is 11.6 Å². The van der Waals surface area contributed by atoms with E-state index in [4.69, 9.17) is 16.6 Å². The summed E-state index contributed by atoms with van der Waals surface area (Å²) in [7, 11) is 0. The minimum absolute atomic E-state index is 0.0961. The zero-order valence-electron chi connectivity index (χ0n) is 19.3. The third-order valence-electron chi connectivity index (χ3n) is 6.21. The molecule has 34 heavy (non-hydrogen) atoms. The Kier molecular flexibility index (Phi) is 6.22. The van der Waals surface area contributed by atoms with Crippen LogP contribution in [-0.4, -0.2) is 56.5 Å². The second-order valence-corrected chi connectivity index (χ2v) is 9.14. The van der Waals surface area contributed by atoms with E-state index in [1.54, 1.807) is 12.3 Å². The first-order chi connectivity index (χ1) is 16.5. The predicted molar refractivity (Wildman–Crippen MR) is 136 cm³/mol. The van der Waals surface area contributed by atoms with Crippen molar-refractivity contribution >= 4 is 34.5 Å². The second-order valence-electron chi connectivity index (χ2n) is 8.70. The van der Waals surface area contributed by atoms with Gasteiger partial charge >= 0.3 is 6.03 Å². The third kappa shape index (κ3) is 4.62. The second kappa shape index (κ2) is 9.44. The maximum absolute atomic E-state index is 12.8. The molecule has 2 amide bonds. The summed E-state index contributed by atoms with van der Waals surface area (Å²) in [5, 5.41) is 3.61. The van der Waals surface area contributed by atoms with Gasteiger partial charge in [0.25, 0.3) is 0 Å². The van der Waals surface area contributed by atoms with Crippen molar-refractivity contribution < 1.29 is 4.79 Å². The molecule has 8 heteroatoms. The average molecular weight is 475 g/mol. The van der Waals surface area contributed by atoms with Crippen LogP contribution in [-0.2, 0) is 6.54 Å². The number of piperazine rings is 1. The van der Waals surface area contributed by atoms with Gasteiger partial charge in [0, 0.05) is 48.8 Å². The van der Waals surface area contributed by atoms with Crippen LogP contribution in [0.4, 0.5) is 10.5 Å². The van der Waals surface area contributed by atoms with Gasteiger partial charge in [-0.25, -0.2) is 14.8 Å². The van der Waals surface area contributed by atoms with E-state index in [1.807, 2.05) is 36.1 Å². The van der Waals surface area contributed by atoms with Crippen LogP contribution in [0.1, 0.15) is 17.0 Å². The summed E-state index contributed by atoms with van der Waals surface area (Å²) in [6.45, 7) is 7.57. The molecule has 5 rings (SSSR count). The quantitative estimate of drug-likeness (QED) is 0.450. The van der Waals surface area contributed by atoms with Gasteiger partial charge in [0.05, 0.1) is 6.54 Å². The molecule has 174 valence electrons. The van der Waals surface area contributed by atoms with E-state index in [0.29, 0.717) is 24.7 Å². The van der Waals surface area contributed by atoms with Gasteiger partial charge in [-0.05, 0) is 61.4 Å². The number of rotatable bonds is 4. The number of urea groups is 1. The maximum Gasteiger partial charge on any atom is 0.321 e. The van der Waals surface area contributed by atoms with E-state index in [9.17, 15) is 4.79 Å². The molecule has 1 fully saturated rings. The monoisotopic (exact) mass is 474 g/mol. The Labute approximate surface area is 204 Å². The average Bonchev–Trinajstić information content (AvgIpc) is 3.19. The zero-order valence-corrected chi connectivity index (χ0v) is 20.1. The number of nitrogens with one attached hydrogen (secondary N) is 1. The fourth-order valence-corrected chi connectivity index (χ4v) is 4.51. The van der Waals surface area contributed by atoms with Crippen LogP contribution in [0, 0.1) is 13.8 Å². The predicted octanol–water partition coefficient (Wildman–Crippen LogP) is 5.04. The first-order valence-electron chi connectivity index (χ1n) is 11.4. The van der Waals surface area contributed by atoms with Gasteiger partial charge in [-0.2, -0.15) is 0 Å².